The van der Waals surface area contributed by atoms with Crippen molar-refractivity contribution in [2.24, 2.45) is 5.92 Å². The summed E-state index contributed by atoms with van der Waals surface area (Å²) < 4.78 is 76.7. The van der Waals surface area contributed by atoms with E-state index in [-0.39, 0.29) is 45.4 Å². The van der Waals surface area contributed by atoms with Gasteiger partial charge in [-0.25, -0.2) is 26.3 Å². The Morgan fingerprint density at radius 2 is 1.72 bits per heavy atom. The van der Waals surface area contributed by atoms with Gasteiger partial charge in [0.25, 0.3) is 5.91 Å². The highest BCUT2D eigenvalue weighted by Crippen LogP contribution is 2.47. The van der Waals surface area contributed by atoms with Crippen LogP contribution in [0.25, 0.3) is 21.9 Å². The molecule has 0 saturated carbocycles. The summed E-state index contributed by atoms with van der Waals surface area (Å²) in [5.74, 6) is -2.67. The Bertz CT molecular complexity index is 2060. The van der Waals surface area contributed by atoms with Crippen molar-refractivity contribution in [2.75, 3.05) is 0 Å². The van der Waals surface area contributed by atoms with Gasteiger partial charge in [-0.1, -0.05) is 32.0 Å². The minimum absolute atomic E-state index is 0.0295. The molecule has 3 aromatic heterocycles. The van der Waals surface area contributed by atoms with E-state index in [0.717, 1.165) is 29.0 Å². The molecule has 0 aliphatic carbocycles. The Labute approximate surface area is 267 Å². The summed E-state index contributed by atoms with van der Waals surface area (Å²) >= 11 is 1.05. The van der Waals surface area contributed by atoms with E-state index in [2.05, 4.69) is 20.2 Å². The van der Waals surface area contributed by atoms with E-state index in [1.54, 1.807) is 31.2 Å². The molecule has 2 aromatic carbocycles. The number of rotatable bonds is 9. The van der Waals surface area contributed by atoms with Crippen LogP contribution in [0, 0.1) is 30.3 Å². The van der Waals surface area contributed by atoms with Crippen LogP contribution in [0.4, 0.5) is 13.2 Å². The SMILES string of the molecule is Cc1nnc(-c2c(CCc3ccc(F)cc3)nc3c(c2-c2ccc(C(=O)NCc4ccc(F)c(F)c4)s2)S(=O)(=O)N[C@H]3C(C)C)o1. The minimum atomic E-state index is -4.06. The van der Waals surface area contributed by atoms with Crippen molar-refractivity contribution in [3.05, 3.63) is 105 Å². The maximum Gasteiger partial charge on any atom is 0.261 e. The number of halogens is 3. The van der Waals surface area contributed by atoms with Crippen molar-refractivity contribution in [1.82, 2.24) is 25.2 Å². The number of hydrogen-bond acceptors (Lipinski definition) is 8. The predicted molar refractivity (Wildman–Crippen MR) is 165 cm³/mol. The van der Waals surface area contributed by atoms with Crippen molar-refractivity contribution in [1.29, 1.82) is 0 Å². The van der Waals surface area contributed by atoms with Crippen LogP contribution in [0.15, 0.2) is 63.9 Å². The zero-order chi connectivity index (χ0) is 32.7. The Morgan fingerprint density at radius 1 is 0.978 bits per heavy atom. The summed E-state index contributed by atoms with van der Waals surface area (Å²) in [6.45, 7) is 5.33. The molecule has 0 saturated heterocycles. The molecule has 0 fully saturated rings. The second kappa shape index (κ2) is 12.4. The van der Waals surface area contributed by atoms with Crippen molar-refractivity contribution >= 4 is 27.3 Å². The molecule has 9 nitrogen and oxygen atoms in total. The lowest BCUT2D eigenvalue weighted by Crippen LogP contribution is -2.23. The van der Waals surface area contributed by atoms with Gasteiger partial charge in [0.15, 0.2) is 11.6 Å². The van der Waals surface area contributed by atoms with Gasteiger partial charge in [0, 0.05) is 23.9 Å². The van der Waals surface area contributed by atoms with Crippen LogP contribution in [0.2, 0.25) is 0 Å². The number of nitrogens with one attached hydrogen (secondary N) is 2. The lowest BCUT2D eigenvalue weighted by molar-refractivity contribution is 0.0955. The van der Waals surface area contributed by atoms with Crippen LogP contribution in [-0.4, -0.2) is 29.5 Å². The standard InChI is InChI=1S/C32H28F3N5O4S2/c1-16(2)28-29-30(46(42,43)40-28)27(24-12-13-25(45-24)31(41)36-15-19-6-10-21(34)22(35)14-19)26(32-39-38-17(3)44-32)23(37-29)11-7-18-4-8-20(33)9-5-18/h4-6,8-10,12-14,16,28,40H,7,11,15H2,1-3H3,(H,36,41)/t28-/m0/s1. The highest BCUT2D eigenvalue weighted by molar-refractivity contribution is 7.90. The predicted octanol–water partition coefficient (Wildman–Crippen LogP) is 6.29. The molecule has 238 valence electrons. The number of aromatic nitrogens is 3. The fourth-order valence-electron chi connectivity index (χ4n) is 5.33. The minimum Gasteiger partial charge on any atom is -0.421 e. The molecular formula is C32H28F3N5O4S2. The molecule has 1 aliphatic heterocycles. The molecule has 0 radical (unpaired) electrons. The Kier molecular flexibility index (Phi) is 8.53. The number of aryl methyl sites for hydroxylation is 3. The van der Waals surface area contributed by atoms with Gasteiger partial charge in [0.05, 0.1) is 27.9 Å². The lowest BCUT2D eigenvalue weighted by Gasteiger charge is -2.18. The average molecular weight is 668 g/mol. The maximum atomic E-state index is 13.7. The molecule has 2 N–H and O–H groups in total. The van der Waals surface area contributed by atoms with Gasteiger partial charge < -0.3 is 9.73 Å². The number of carbonyl (C=O) groups is 1. The lowest BCUT2D eigenvalue weighted by atomic mass is 9.94. The Hall–Kier alpha value is -4.40. The second-order valence-corrected chi connectivity index (χ2v) is 13.9. The van der Waals surface area contributed by atoms with Gasteiger partial charge in [-0.3, -0.25) is 9.78 Å². The topological polar surface area (TPSA) is 127 Å². The first-order valence-electron chi connectivity index (χ1n) is 14.4. The number of nitrogens with zero attached hydrogens (tertiary/aromatic N) is 3. The molecule has 0 spiro atoms. The van der Waals surface area contributed by atoms with Crippen LogP contribution >= 0.6 is 11.3 Å². The van der Waals surface area contributed by atoms with Crippen LogP contribution in [0.3, 0.4) is 0 Å². The monoisotopic (exact) mass is 667 g/mol. The molecule has 0 unspecified atom stereocenters. The molecular weight excluding hydrogens is 640 g/mol. The number of amides is 1. The molecule has 1 atom stereocenters. The molecule has 4 heterocycles. The molecule has 1 amide bonds. The summed E-state index contributed by atoms with van der Waals surface area (Å²) in [6.07, 6.45) is 0.792. The van der Waals surface area contributed by atoms with Gasteiger partial charge in [-0.15, -0.1) is 21.5 Å². The third kappa shape index (κ3) is 6.19. The van der Waals surface area contributed by atoms with E-state index in [0.29, 0.717) is 40.2 Å². The highest BCUT2D eigenvalue weighted by Gasteiger charge is 2.42. The number of fused-ring (bicyclic) bond motifs is 1. The largest absolute Gasteiger partial charge is 0.421 e. The second-order valence-electron chi connectivity index (χ2n) is 11.2. The normalized spacial score (nSPS) is 15.3. The van der Waals surface area contributed by atoms with Gasteiger partial charge in [-0.05, 0) is 66.3 Å². The smallest absolute Gasteiger partial charge is 0.261 e. The van der Waals surface area contributed by atoms with E-state index in [4.69, 9.17) is 9.40 Å². The number of hydrogen-bond donors (Lipinski definition) is 2. The van der Waals surface area contributed by atoms with Crippen LogP contribution in [0.1, 0.15) is 58.0 Å². The van der Waals surface area contributed by atoms with Crippen LogP contribution in [0.5, 0.6) is 0 Å². The van der Waals surface area contributed by atoms with Gasteiger partial charge >= 0.3 is 0 Å². The van der Waals surface area contributed by atoms with Gasteiger partial charge in [-0.2, -0.15) is 0 Å². The summed E-state index contributed by atoms with van der Waals surface area (Å²) in [7, 11) is -4.06. The zero-order valence-corrected chi connectivity index (χ0v) is 26.5. The van der Waals surface area contributed by atoms with Crippen LogP contribution < -0.4 is 10.0 Å². The quantitative estimate of drug-likeness (QED) is 0.189. The van der Waals surface area contributed by atoms with E-state index in [1.807, 2.05) is 13.8 Å². The third-order valence-corrected chi connectivity index (χ3v) is 10.2. The highest BCUT2D eigenvalue weighted by atomic mass is 32.2. The van der Waals surface area contributed by atoms with E-state index < -0.39 is 33.6 Å². The number of carbonyl (C=O) groups excluding carboxylic acids is 1. The van der Waals surface area contributed by atoms with Crippen molar-refractivity contribution in [2.45, 2.75) is 51.1 Å². The number of benzene rings is 2. The van der Waals surface area contributed by atoms with Crippen molar-refractivity contribution < 1.29 is 30.8 Å². The summed E-state index contributed by atoms with van der Waals surface area (Å²) in [5.41, 5.74) is 2.67. The summed E-state index contributed by atoms with van der Waals surface area (Å²) in [6, 6.07) is 12.0. The average Bonchev–Trinajstić information content (AvgIpc) is 3.74. The number of thiophene rings is 1. The molecule has 0 bridgehead atoms. The number of pyridine rings is 1. The van der Waals surface area contributed by atoms with Crippen molar-refractivity contribution in [3.63, 3.8) is 0 Å². The first-order chi connectivity index (χ1) is 21.9. The van der Waals surface area contributed by atoms with Gasteiger partial charge in [0.2, 0.25) is 21.8 Å². The van der Waals surface area contributed by atoms with Gasteiger partial charge in [0.1, 0.15) is 10.7 Å². The first-order valence-corrected chi connectivity index (χ1v) is 16.7. The molecule has 1 aliphatic rings. The molecule has 6 rings (SSSR count). The zero-order valence-electron chi connectivity index (χ0n) is 24.9. The van der Waals surface area contributed by atoms with Crippen molar-refractivity contribution in [3.8, 4) is 21.9 Å². The molecule has 14 heteroatoms. The molecule has 46 heavy (non-hydrogen) atoms. The Balaban J connectivity index is 1.47. The third-order valence-electron chi connectivity index (χ3n) is 7.58. The first kappa shape index (κ1) is 31.6. The van der Waals surface area contributed by atoms with E-state index in [1.165, 1.54) is 18.2 Å². The summed E-state index contributed by atoms with van der Waals surface area (Å²) in [4.78, 5) is 18.7. The Morgan fingerprint density at radius 3 is 2.39 bits per heavy atom. The summed E-state index contributed by atoms with van der Waals surface area (Å²) in [5, 5.41) is 10.9. The van der Waals surface area contributed by atoms with E-state index in [9.17, 15) is 26.4 Å². The maximum absolute atomic E-state index is 13.7. The molecule has 5 aromatic rings. The van der Waals surface area contributed by atoms with Crippen LogP contribution in [-0.2, 0) is 29.4 Å². The van der Waals surface area contributed by atoms with E-state index >= 15 is 0 Å². The number of sulfonamides is 1. The fourth-order valence-corrected chi connectivity index (χ4v) is 8.13. The fraction of sp³-hybridized carbons (Fsp3) is 0.250.